The number of halogens is 1. The summed E-state index contributed by atoms with van der Waals surface area (Å²) in [6.45, 7) is 13.5. The first-order valence-corrected chi connectivity index (χ1v) is 22.3. The van der Waals surface area contributed by atoms with Crippen molar-refractivity contribution in [1.29, 1.82) is 0 Å². The number of nitrogens with zero attached hydrogens (tertiary/aromatic N) is 3. The zero-order chi connectivity index (χ0) is 37.3. The predicted octanol–water partition coefficient (Wildman–Crippen LogP) is 7.16. The number of anilines is 1. The smallest absolute Gasteiger partial charge is 0.264 e. The van der Waals surface area contributed by atoms with Gasteiger partial charge >= 0.3 is 0 Å². The molecule has 1 saturated carbocycles. The summed E-state index contributed by atoms with van der Waals surface area (Å²) >= 11 is 6.43. The van der Waals surface area contributed by atoms with Gasteiger partial charge in [0.2, 0.25) is 10.0 Å². The van der Waals surface area contributed by atoms with Crippen LogP contribution in [0.15, 0.2) is 36.4 Å². The maximum Gasteiger partial charge on any atom is 0.264 e. The molecule has 9 nitrogen and oxygen atoms in total. The van der Waals surface area contributed by atoms with Gasteiger partial charge in [0, 0.05) is 63.0 Å². The second-order valence-corrected chi connectivity index (χ2v) is 19.4. The van der Waals surface area contributed by atoms with Crippen molar-refractivity contribution >= 4 is 33.2 Å². The Bertz CT molecular complexity index is 1720. The van der Waals surface area contributed by atoms with Crippen molar-refractivity contribution in [1.82, 2.24) is 14.5 Å². The van der Waals surface area contributed by atoms with Gasteiger partial charge in [-0.05, 0) is 136 Å². The molecule has 1 unspecified atom stereocenters. The normalized spacial score (nSPS) is 33.2. The number of carbonyl (C=O) groups is 1. The molecule has 2 aromatic rings. The highest BCUT2D eigenvalue weighted by Gasteiger charge is 2.52. The summed E-state index contributed by atoms with van der Waals surface area (Å²) < 4.78 is 43.3. The molecule has 1 N–H and O–H groups in total. The van der Waals surface area contributed by atoms with Gasteiger partial charge in [0.1, 0.15) is 12.4 Å². The summed E-state index contributed by atoms with van der Waals surface area (Å²) in [5.41, 5.74) is 3.11. The molecule has 53 heavy (non-hydrogen) atoms. The summed E-state index contributed by atoms with van der Waals surface area (Å²) in [6, 6.07) is 12.0. The third-order valence-electron chi connectivity index (χ3n) is 13.9. The summed E-state index contributed by atoms with van der Waals surface area (Å²) in [5, 5.41) is -0.000451. The van der Waals surface area contributed by atoms with Gasteiger partial charge in [0.15, 0.2) is 0 Å². The van der Waals surface area contributed by atoms with E-state index in [-0.39, 0.29) is 17.4 Å². The SMILES string of the molecule is CO[C@]1(CN2CCN3CCCC[C@@H]3C2)C(C)CC[C@H](C)[C@@H](C)S(=O)(=O)NC(=O)c2ccc3c(c2)N(CCCCc2cc(Cl)ccc2CO3)C[C@@H]2CC[C@H]21. The first-order valence-electron chi connectivity index (χ1n) is 20.3. The van der Waals surface area contributed by atoms with E-state index in [0.29, 0.717) is 35.8 Å². The number of ether oxygens (including phenoxy) is 2. The number of hydrogen-bond acceptors (Lipinski definition) is 8. The first-order chi connectivity index (χ1) is 25.5. The van der Waals surface area contributed by atoms with Gasteiger partial charge in [-0.15, -0.1) is 0 Å². The molecule has 3 fully saturated rings. The Kier molecular flexibility index (Phi) is 12.0. The molecular weight excluding hydrogens is 708 g/mol. The lowest BCUT2D eigenvalue weighted by atomic mass is 9.59. The van der Waals surface area contributed by atoms with Crippen LogP contribution in [0.25, 0.3) is 0 Å². The number of rotatable bonds is 3. The Hall–Kier alpha value is -2.37. The minimum atomic E-state index is -3.93. The van der Waals surface area contributed by atoms with E-state index in [1.165, 1.54) is 31.4 Å². The topological polar surface area (TPSA) is 91.4 Å². The van der Waals surface area contributed by atoms with E-state index >= 15 is 0 Å². The average molecular weight is 769 g/mol. The third kappa shape index (κ3) is 8.28. The van der Waals surface area contributed by atoms with Crippen molar-refractivity contribution in [2.45, 2.75) is 108 Å². The second-order valence-electron chi connectivity index (χ2n) is 16.9. The molecule has 0 radical (unpaired) electrons. The number of amides is 1. The van der Waals surface area contributed by atoms with Gasteiger partial charge in [-0.3, -0.25) is 14.6 Å². The highest BCUT2D eigenvalue weighted by Crippen LogP contribution is 2.50. The lowest BCUT2D eigenvalue weighted by Crippen LogP contribution is -2.63. The minimum absolute atomic E-state index is 0.137. The van der Waals surface area contributed by atoms with Crippen LogP contribution < -0.4 is 14.4 Å². The van der Waals surface area contributed by atoms with Gasteiger partial charge < -0.3 is 14.4 Å². The number of sulfonamides is 1. The van der Waals surface area contributed by atoms with Crippen molar-refractivity contribution in [2.75, 3.05) is 57.8 Å². The lowest BCUT2D eigenvalue weighted by Gasteiger charge is -2.56. The fourth-order valence-electron chi connectivity index (χ4n) is 10.1. The fraction of sp³-hybridized carbons (Fsp3) is 0.690. The molecule has 11 heteroatoms. The molecule has 0 aromatic heterocycles. The van der Waals surface area contributed by atoms with E-state index in [2.05, 4.69) is 32.4 Å². The van der Waals surface area contributed by atoms with Crippen LogP contribution in [0.2, 0.25) is 5.02 Å². The van der Waals surface area contributed by atoms with Gasteiger partial charge in [-0.2, -0.15) is 0 Å². The second kappa shape index (κ2) is 16.4. The molecule has 7 rings (SSSR count). The predicted molar refractivity (Wildman–Crippen MR) is 212 cm³/mol. The van der Waals surface area contributed by atoms with E-state index < -0.39 is 21.2 Å². The fourth-order valence-corrected chi connectivity index (χ4v) is 11.6. The molecule has 1 aliphatic carbocycles. The first kappa shape index (κ1) is 38.9. The van der Waals surface area contributed by atoms with Crippen molar-refractivity contribution in [3.05, 3.63) is 58.1 Å². The number of aryl methyl sites for hydroxylation is 1. The van der Waals surface area contributed by atoms with Crippen LogP contribution in [0.1, 0.15) is 100 Å². The van der Waals surface area contributed by atoms with E-state index in [4.69, 9.17) is 21.1 Å². The van der Waals surface area contributed by atoms with Crippen molar-refractivity contribution in [2.24, 2.45) is 23.7 Å². The molecule has 4 aliphatic heterocycles. The van der Waals surface area contributed by atoms with Crippen LogP contribution in [0.3, 0.4) is 0 Å². The molecule has 292 valence electrons. The standard InChI is InChI=1S/C42H61ClN4O5S/c1-29-11-12-30(2)42(51-4,28-45-21-22-46-19-8-6-10-37(46)26-45)38-17-14-34(38)25-47-20-7-5-9-32-23-36(43)16-13-35(32)27-52-40-18-15-33(24-39(40)47)41(48)44-53(49,50)31(29)3/h13,15-16,18,23-24,29-31,34,37-38H,5-12,14,17,19-22,25-28H2,1-4H3,(H,44,48)/t29-,30?,31+,34-,37+,38+,42+/m0/s1. The van der Waals surface area contributed by atoms with Gasteiger partial charge in [0.25, 0.3) is 5.91 Å². The van der Waals surface area contributed by atoms with Crippen molar-refractivity contribution < 1.29 is 22.7 Å². The zero-order valence-corrected chi connectivity index (χ0v) is 33.9. The Labute approximate surface area is 323 Å². The molecule has 5 aliphatic rings. The number of methoxy groups -OCH3 is 1. The van der Waals surface area contributed by atoms with Crippen LogP contribution in [-0.2, 0) is 27.8 Å². The van der Waals surface area contributed by atoms with Crippen LogP contribution in [0.5, 0.6) is 5.75 Å². The zero-order valence-electron chi connectivity index (χ0n) is 32.3. The maximum atomic E-state index is 13.7. The van der Waals surface area contributed by atoms with Gasteiger partial charge in [0.05, 0.1) is 16.5 Å². The van der Waals surface area contributed by atoms with Crippen LogP contribution in [0, 0.1) is 23.7 Å². The molecule has 4 heterocycles. The van der Waals surface area contributed by atoms with E-state index in [0.717, 1.165) is 100 Å². The summed E-state index contributed by atoms with van der Waals surface area (Å²) in [7, 11) is -2.00. The van der Waals surface area contributed by atoms with Gasteiger partial charge in [-0.1, -0.05) is 37.9 Å². The van der Waals surface area contributed by atoms with Crippen molar-refractivity contribution in [3.8, 4) is 5.75 Å². The third-order valence-corrected chi connectivity index (χ3v) is 16.1. The maximum absolute atomic E-state index is 13.7. The highest BCUT2D eigenvalue weighted by molar-refractivity contribution is 7.90. The van der Waals surface area contributed by atoms with Gasteiger partial charge in [-0.25, -0.2) is 13.1 Å². The highest BCUT2D eigenvalue weighted by atomic mass is 35.5. The van der Waals surface area contributed by atoms with E-state index in [1.54, 1.807) is 13.0 Å². The number of hydrogen-bond donors (Lipinski definition) is 1. The number of carbonyl (C=O) groups excluding carboxylic acids is 1. The monoisotopic (exact) mass is 768 g/mol. The number of fused-ring (bicyclic) bond motifs is 4. The summed E-state index contributed by atoms with van der Waals surface area (Å²) in [4.78, 5) is 21.5. The Balaban J connectivity index is 1.25. The molecule has 7 atom stereocenters. The number of piperidine rings is 1. The van der Waals surface area contributed by atoms with E-state index in [1.807, 2.05) is 38.3 Å². The molecule has 0 spiro atoms. The Morgan fingerprint density at radius 2 is 1.74 bits per heavy atom. The summed E-state index contributed by atoms with van der Waals surface area (Å²) in [5.74, 6) is 0.950. The van der Waals surface area contributed by atoms with Crippen LogP contribution >= 0.6 is 11.6 Å². The lowest BCUT2D eigenvalue weighted by molar-refractivity contribution is -0.161. The number of piperazine rings is 1. The number of benzene rings is 2. The van der Waals surface area contributed by atoms with E-state index in [9.17, 15) is 13.2 Å². The average Bonchev–Trinajstić information content (AvgIpc) is 3.17. The summed E-state index contributed by atoms with van der Waals surface area (Å²) in [6.07, 6.45) is 10.6. The molecule has 2 saturated heterocycles. The quantitative estimate of drug-likeness (QED) is 0.352. The Morgan fingerprint density at radius 1 is 0.906 bits per heavy atom. The largest absolute Gasteiger partial charge is 0.487 e. The number of nitrogens with one attached hydrogen (secondary N) is 1. The minimum Gasteiger partial charge on any atom is -0.487 e. The Morgan fingerprint density at radius 3 is 2.53 bits per heavy atom. The van der Waals surface area contributed by atoms with Crippen LogP contribution in [0.4, 0.5) is 5.69 Å². The molecular formula is C42H61ClN4O5S. The molecule has 2 bridgehead atoms. The van der Waals surface area contributed by atoms with Crippen LogP contribution in [-0.4, -0.2) is 93.9 Å². The molecule has 2 aromatic carbocycles. The van der Waals surface area contributed by atoms with Crippen molar-refractivity contribution in [3.63, 3.8) is 0 Å². The molecule has 1 amide bonds.